The second-order valence-corrected chi connectivity index (χ2v) is 6.73. The highest BCUT2D eigenvalue weighted by Crippen LogP contribution is 2.38. The number of rotatable bonds is 6. The molecule has 1 aromatic heterocycles. The van der Waals surface area contributed by atoms with Gasteiger partial charge in [0.25, 0.3) is 0 Å². The number of hydrogen-bond donors (Lipinski definition) is 2. The molecule has 3 N–H and O–H groups in total. The second-order valence-electron chi connectivity index (χ2n) is 5.70. The van der Waals surface area contributed by atoms with Crippen molar-refractivity contribution in [3.63, 3.8) is 0 Å². The molecule has 1 heterocycles. The maximum Gasteiger partial charge on any atom is 0.0854 e. The lowest BCUT2D eigenvalue weighted by atomic mass is 9.73. The van der Waals surface area contributed by atoms with E-state index in [1.165, 1.54) is 17.7 Å². The summed E-state index contributed by atoms with van der Waals surface area (Å²) in [5, 5.41) is 2.12. The first-order chi connectivity index (χ1) is 9.20. The van der Waals surface area contributed by atoms with Gasteiger partial charge < -0.3 is 4.74 Å². The summed E-state index contributed by atoms with van der Waals surface area (Å²) in [6.45, 7) is 5.17. The molecule has 4 heteroatoms. The van der Waals surface area contributed by atoms with Gasteiger partial charge in [-0.2, -0.15) is 0 Å². The molecular formula is C15H26N2OS. The van der Waals surface area contributed by atoms with Crippen LogP contribution in [-0.2, 0) is 11.2 Å². The lowest BCUT2D eigenvalue weighted by molar-refractivity contribution is -0.100. The average molecular weight is 282 g/mol. The van der Waals surface area contributed by atoms with Crippen LogP contribution in [0.3, 0.4) is 0 Å². The van der Waals surface area contributed by atoms with Crippen molar-refractivity contribution in [2.24, 2.45) is 11.8 Å². The number of nitrogens with one attached hydrogen (secondary N) is 1. The zero-order chi connectivity index (χ0) is 13.7. The summed E-state index contributed by atoms with van der Waals surface area (Å²) in [6, 6.07) is 4.49. The Morgan fingerprint density at radius 3 is 3.05 bits per heavy atom. The van der Waals surface area contributed by atoms with Crippen molar-refractivity contribution >= 4 is 11.3 Å². The summed E-state index contributed by atoms with van der Waals surface area (Å²) in [7, 11) is 0. The summed E-state index contributed by atoms with van der Waals surface area (Å²) in [4.78, 5) is 1.38. The average Bonchev–Trinajstić information content (AvgIpc) is 2.89. The van der Waals surface area contributed by atoms with E-state index in [1.54, 1.807) is 11.3 Å². The van der Waals surface area contributed by atoms with Crippen molar-refractivity contribution in [1.82, 2.24) is 5.43 Å². The Labute approximate surface area is 120 Å². The summed E-state index contributed by atoms with van der Waals surface area (Å²) in [6.07, 6.45) is 5.74. The molecule has 0 aliphatic heterocycles. The standard InChI is InChI=1S/C15H26N2OS/c1-3-18-15(8-4-6-12(2)11-15)14(17-16)10-13-7-5-9-19-13/h5,7,9,12,14,17H,3-4,6,8,10-11,16H2,1-2H3. The van der Waals surface area contributed by atoms with Crippen LogP contribution in [0.15, 0.2) is 17.5 Å². The van der Waals surface area contributed by atoms with Gasteiger partial charge in [0.15, 0.2) is 0 Å². The molecule has 0 aromatic carbocycles. The highest BCUT2D eigenvalue weighted by Gasteiger charge is 2.42. The fraction of sp³-hybridized carbons (Fsp3) is 0.733. The lowest BCUT2D eigenvalue weighted by Gasteiger charge is -2.45. The molecule has 0 bridgehead atoms. The van der Waals surface area contributed by atoms with E-state index in [4.69, 9.17) is 10.6 Å². The zero-order valence-electron chi connectivity index (χ0n) is 12.0. The molecule has 3 nitrogen and oxygen atoms in total. The number of ether oxygens (including phenoxy) is 1. The Morgan fingerprint density at radius 2 is 2.47 bits per heavy atom. The highest BCUT2D eigenvalue weighted by molar-refractivity contribution is 7.09. The lowest BCUT2D eigenvalue weighted by Crippen LogP contribution is -2.57. The first-order valence-electron chi connectivity index (χ1n) is 7.32. The van der Waals surface area contributed by atoms with E-state index in [0.717, 1.165) is 31.8 Å². The highest BCUT2D eigenvalue weighted by atomic mass is 32.1. The van der Waals surface area contributed by atoms with Gasteiger partial charge in [0.05, 0.1) is 11.6 Å². The molecule has 3 unspecified atom stereocenters. The summed E-state index contributed by atoms with van der Waals surface area (Å²) >= 11 is 1.80. The Balaban J connectivity index is 2.14. The Kier molecular flexibility index (Phi) is 5.39. The predicted octanol–water partition coefficient (Wildman–Crippen LogP) is 3.11. The minimum Gasteiger partial charge on any atom is -0.374 e. The van der Waals surface area contributed by atoms with E-state index in [-0.39, 0.29) is 11.6 Å². The molecule has 0 radical (unpaired) electrons. The van der Waals surface area contributed by atoms with Crippen molar-refractivity contribution in [2.45, 2.75) is 57.6 Å². The molecule has 3 atom stereocenters. The van der Waals surface area contributed by atoms with Crippen LogP contribution in [0.2, 0.25) is 0 Å². The van der Waals surface area contributed by atoms with Crippen LogP contribution in [0.1, 0.15) is 44.4 Å². The first-order valence-corrected chi connectivity index (χ1v) is 8.20. The van der Waals surface area contributed by atoms with Gasteiger partial charge in [-0.1, -0.05) is 25.8 Å². The maximum atomic E-state index is 6.20. The number of thiophene rings is 1. The molecule has 0 saturated heterocycles. The minimum atomic E-state index is -0.0921. The molecule has 0 spiro atoms. The van der Waals surface area contributed by atoms with Crippen molar-refractivity contribution in [3.8, 4) is 0 Å². The number of hydrogen-bond acceptors (Lipinski definition) is 4. The third-order valence-corrected chi connectivity index (χ3v) is 5.14. The topological polar surface area (TPSA) is 47.3 Å². The first kappa shape index (κ1) is 15.0. The van der Waals surface area contributed by atoms with Crippen LogP contribution in [-0.4, -0.2) is 18.2 Å². The van der Waals surface area contributed by atoms with Crippen molar-refractivity contribution in [3.05, 3.63) is 22.4 Å². The molecule has 1 aliphatic carbocycles. The van der Waals surface area contributed by atoms with Gasteiger partial charge in [-0.15, -0.1) is 11.3 Å². The van der Waals surface area contributed by atoms with Gasteiger partial charge >= 0.3 is 0 Å². The van der Waals surface area contributed by atoms with Crippen LogP contribution in [0.4, 0.5) is 0 Å². The SMILES string of the molecule is CCOC1(C(Cc2cccs2)NN)CCCC(C)C1. The summed E-state index contributed by atoms with van der Waals surface area (Å²) in [5.41, 5.74) is 2.95. The maximum absolute atomic E-state index is 6.20. The molecule has 2 rings (SSSR count). The molecule has 1 fully saturated rings. The van der Waals surface area contributed by atoms with Gasteiger partial charge in [-0.05, 0) is 37.1 Å². The summed E-state index contributed by atoms with van der Waals surface area (Å²) < 4.78 is 6.20. The minimum absolute atomic E-state index is 0.0921. The van der Waals surface area contributed by atoms with E-state index in [0.29, 0.717) is 0 Å². The van der Waals surface area contributed by atoms with E-state index in [9.17, 15) is 0 Å². The van der Waals surface area contributed by atoms with Crippen LogP contribution in [0.5, 0.6) is 0 Å². The van der Waals surface area contributed by atoms with E-state index >= 15 is 0 Å². The van der Waals surface area contributed by atoms with Crippen LogP contribution >= 0.6 is 11.3 Å². The molecule has 1 saturated carbocycles. The predicted molar refractivity (Wildman–Crippen MR) is 81.1 cm³/mol. The van der Waals surface area contributed by atoms with Crippen molar-refractivity contribution in [1.29, 1.82) is 0 Å². The van der Waals surface area contributed by atoms with Gasteiger partial charge in [0.2, 0.25) is 0 Å². The van der Waals surface area contributed by atoms with Crippen LogP contribution in [0.25, 0.3) is 0 Å². The quantitative estimate of drug-likeness (QED) is 0.622. The Bertz CT molecular complexity index is 364. The zero-order valence-corrected chi connectivity index (χ0v) is 12.8. The Morgan fingerprint density at radius 1 is 1.63 bits per heavy atom. The monoisotopic (exact) mass is 282 g/mol. The van der Waals surface area contributed by atoms with Gasteiger partial charge in [0.1, 0.15) is 0 Å². The fourth-order valence-corrected chi connectivity index (χ4v) is 4.16. The normalized spacial score (nSPS) is 29.3. The van der Waals surface area contributed by atoms with Gasteiger partial charge in [-0.3, -0.25) is 11.3 Å². The van der Waals surface area contributed by atoms with Gasteiger partial charge in [-0.25, -0.2) is 0 Å². The smallest absolute Gasteiger partial charge is 0.0854 e. The Hall–Kier alpha value is -0.420. The largest absolute Gasteiger partial charge is 0.374 e. The van der Waals surface area contributed by atoms with E-state index in [2.05, 4.69) is 36.8 Å². The van der Waals surface area contributed by atoms with Gasteiger partial charge in [0, 0.05) is 17.9 Å². The molecule has 108 valence electrons. The second kappa shape index (κ2) is 6.84. The third kappa shape index (κ3) is 3.57. The van der Waals surface area contributed by atoms with Crippen molar-refractivity contribution < 1.29 is 4.74 Å². The van der Waals surface area contributed by atoms with Crippen molar-refractivity contribution in [2.75, 3.05) is 6.61 Å². The third-order valence-electron chi connectivity index (χ3n) is 4.24. The van der Waals surface area contributed by atoms with E-state index < -0.39 is 0 Å². The van der Waals surface area contributed by atoms with E-state index in [1.807, 2.05) is 0 Å². The number of hydrazine groups is 1. The molecule has 19 heavy (non-hydrogen) atoms. The molecule has 0 amide bonds. The van der Waals surface area contributed by atoms with Crippen LogP contribution in [0, 0.1) is 5.92 Å². The van der Waals surface area contributed by atoms with Crippen LogP contribution < -0.4 is 11.3 Å². The summed E-state index contributed by atoms with van der Waals surface area (Å²) in [5.74, 6) is 6.58. The molecule has 1 aromatic rings. The fourth-order valence-electron chi connectivity index (χ4n) is 3.41. The molecule has 1 aliphatic rings. The number of nitrogens with two attached hydrogens (primary N) is 1. The molecular weight excluding hydrogens is 256 g/mol.